The average Bonchev–Trinajstić information content (AvgIpc) is 2.14. The van der Waals surface area contributed by atoms with Gasteiger partial charge in [-0.15, -0.1) is 0 Å². The van der Waals surface area contributed by atoms with E-state index in [9.17, 15) is 4.79 Å². The van der Waals surface area contributed by atoms with Gasteiger partial charge in [0, 0.05) is 24.9 Å². The molecule has 1 heterocycles. The van der Waals surface area contributed by atoms with E-state index in [1.54, 1.807) is 0 Å². The molecule has 1 aliphatic rings. The number of hydrogen-bond acceptors (Lipinski definition) is 3. The quantitative estimate of drug-likeness (QED) is 0.634. The van der Waals surface area contributed by atoms with Gasteiger partial charge in [-0.2, -0.15) is 0 Å². The molecule has 0 saturated carbocycles. The molecule has 0 aromatic rings. The van der Waals surface area contributed by atoms with Crippen LogP contribution >= 0.6 is 0 Å². The van der Waals surface area contributed by atoms with Crippen LogP contribution in [-0.4, -0.2) is 36.6 Å². The van der Waals surface area contributed by atoms with E-state index in [-0.39, 0.29) is 12.1 Å². The molecule has 0 unspecified atom stereocenters. The van der Waals surface area contributed by atoms with Crippen LogP contribution in [0.5, 0.6) is 0 Å². The minimum absolute atomic E-state index is 0.0707. The van der Waals surface area contributed by atoms with E-state index < -0.39 is 0 Å². The van der Waals surface area contributed by atoms with Gasteiger partial charge in [-0.25, -0.2) is 0 Å². The third-order valence-electron chi connectivity index (χ3n) is 3.11. The first kappa shape index (κ1) is 11.5. The van der Waals surface area contributed by atoms with Gasteiger partial charge in [-0.05, 0) is 20.4 Å². The van der Waals surface area contributed by atoms with Crippen LogP contribution in [0.3, 0.4) is 0 Å². The molecule has 0 radical (unpaired) electrons. The Balaban J connectivity index is 2.48. The molecule has 0 amide bonds. The van der Waals surface area contributed by atoms with Crippen molar-refractivity contribution in [1.29, 1.82) is 0 Å². The minimum atomic E-state index is -0.0707. The molecule has 0 aromatic heterocycles. The summed E-state index contributed by atoms with van der Waals surface area (Å²) in [6.45, 7) is 7.18. The van der Waals surface area contributed by atoms with Gasteiger partial charge in [0.05, 0.1) is 0 Å². The smallest absolute Gasteiger partial charge is 0.305 e. The SMILES string of the molecule is CCC(=O)O[C@H]1C[C@H](C)N(C)C[C@@H]1C. The molecule has 1 saturated heterocycles. The van der Waals surface area contributed by atoms with Crippen molar-refractivity contribution in [1.82, 2.24) is 4.90 Å². The number of hydrogen-bond donors (Lipinski definition) is 0. The zero-order valence-corrected chi connectivity index (χ0v) is 9.62. The number of nitrogens with zero attached hydrogens (tertiary/aromatic N) is 1. The van der Waals surface area contributed by atoms with E-state index in [1.807, 2.05) is 6.92 Å². The minimum Gasteiger partial charge on any atom is -0.462 e. The summed E-state index contributed by atoms with van der Waals surface area (Å²) < 4.78 is 5.41. The van der Waals surface area contributed by atoms with E-state index in [0.29, 0.717) is 18.4 Å². The lowest BCUT2D eigenvalue weighted by Crippen LogP contribution is -2.46. The maximum absolute atomic E-state index is 11.2. The number of piperidine rings is 1. The van der Waals surface area contributed by atoms with E-state index >= 15 is 0 Å². The summed E-state index contributed by atoms with van der Waals surface area (Å²) in [5.74, 6) is 0.380. The number of esters is 1. The van der Waals surface area contributed by atoms with Crippen LogP contribution < -0.4 is 0 Å². The highest BCUT2D eigenvalue weighted by Crippen LogP contribution is 2.23. The lowest BCUT2D eigenvalue weighted by molar-refractivity contribution is -0.155. The zero-order valence-electron chi connectivity index (χ0n) is 9.62. The molecule has 14 heavy (non-hydrogen) atoms. The van der Waals surface area contributed by atoms with Crippen molar-refractivity contribution in [3.8, 4) is 0 Å². The molecule has 0 aromatic carbocycles. The lowest BCUT2D eigenvalue weighted by atomic mass is 9.92. The van der Waals surface area contributed by atoms with E-state index in [1.165, 1.54) is 0 Å². The number of likely N-dealkylation sites (tertiary alicyclic amines) is 1. The number of ether oxygens (including phenoxy) is 1. The van der Waals surface area contributed by atoms with Gasteiger partial charge < -0.3 is 9.64 Å². The van der Waals surface area contributed by atoms with E-state index in [2.05, 4.69) is 25.8 Å². The first-order valence-electron chi connectivity index (χ1n) is 5.44. The Morgan fingerprint density at radius 1 is 1.50 bits per heavy atom. The van der Waals surface area contributed by atoms with Gasteiger partial charge in [0.2, 0.25) is 0 Å². The van der Waals surface area contributed by atoms with Gasteiger partial charge >= 0.3 is 5.97 Å². The maximum Gasteiger partial charge on any atom is 0.305 e. The Morgan fingerprint density at radius 2 is 2.14 bits per heavy atom. The molecule has 82 valence electrons. The van der Waals surface area contributed by atoms with Crippen LogP contribution in [0.1, 0.15) is 33.6 Å². The molecule has 3 heteroatoms. The van der Waals surface area contributed by atoms with Crippen molar-refractivity contribution >= 4 is 5.97 Å². The second kappa shape index (κ2) is 4.78. The highest BCUT2D eigenvalue weighted by Gasteiger charge is 2.31. The third-order valence-corrected chi connectivity index (χ3v) is 3.11. The Labute approximate surface area is 86.4 Å². The summed E-state index contributed by atoms with van der Waals surface area (Å²) in [6.07, 6.45) is 1.56. The van der Waals surface area contributed by atoms with Gasteiger partial charge in [-0.3, -0.25) is 4.79 Å². The molecule has 3 atom stereocenters. The average molecular weight is 199 g/mol. The topological polar surface area (TPSA) is 29.5 Å². The highest BCUT2D eigenvalue weighted by molar-refractivity contribution is 5.69. The van der Waals surface area contributed by atoms with Crippen molar-refractivity contribution in [3.63, 3.8) is 0 Å². The number of carbonyl (C=O) groups is 1. The standard InChI is InChI=1S/C11H21NO2/c1-5-11(13)14-10-6-9(3)12(4)7-8(10)2/h8-10H,5-7H2,1-4H3/t8-,9-,10-/m0/s1. The van der Waals surface area contributed by atoms with Crippen LogP contribution in [0, 0.1) is 5.92 Å². The summed E-state index contributed by atoms with van der Waals surface area (Å²) in [4.78, 5) is 13.5. The van der Waals surface area contributed by atoms with E-state index in [0.717, 1.165) is 13.0 Å². The van der Waals surface area contributed by atoms with Gasteiger partial charge in [0.25, 0.3) is 0 Å². The van der Waals surface area contributed by atoms with Crippen molar-refractivity contribution in [2.45, 2.75) is 45.8 Å². The van der Waals surface area contributed by atoms with Crippen molar-refractivity contribution in [2.24, 2.45) is 5.92 Å². The molecular weight excluding hydrogens is 178 g/mol. The maximum atomic E-state index is 11.2. The second-order valence-corrected chi connectivity index (χ2v) is 4.38. The molecule has 0 spiro atoms. The first-order chi connectivity index (χ1) is 6.54. The molecule has 1 fully saturated rings. The second-order valence-electron chi connectivity index (χ2n) is 4.38. The predicted molar refractivity (Wildman–Crippen MR) is 56.0 cm³/mol. The summed E-state index contributed by atoms with van der Waals surface area (Å²) >= 11 is 0. The van der Waals surface area contributed by atoms with Crippen LogP contribution in [-0.2, 0) is 9.53 Å². The van der Waals surface area contributed by atoms with Crippen LogP contribution in [0.4, 0.5) is 0 Å². The Morgan fingerprint density at radius 3 is 2.71 bits per heavy atom. The van der Waals surface area contributed by atoms with Crippen molar-refractivity contribution in [3.05, 3.63) is 0 Å². The van der Waals surface area contributed by atoms with Crippen LogP contribution in [0.15, 0.2) is 0 Å². The van der Waals surface area contributed by atoms with Crippen LogP contribution in [0.25, 0.3) is 0 Å². The molecule has 0 bridgehead atoms. The fourth-order valence-corrected chi connectivity index (χ4v) is 1.92. The Bertz CT molecular complexity index is 205. The summed E-state index contributed by atoms with van der Waals surface area (Å²) in [5, 5.41) is 0. The first-order valence-corrected chi connectivity index (χ1v) is 5.44. The highest BCUT2D eigenvalue weighted by atomic mass is 16.5. The van der Waals surface area contributed by atoms with Gasteiger partial charge in [0.1, 0.15) is 6.10 Å². The molecule has 1 aliphatic heterocycles. The monoisotopic (exact) mass is 199 g/mol. The van der Waals surface area contributed by atoms with Crippen molar-refractivity contribution < 1.29 is 9.53 Å². The number of carbonyl (C=O) groups excluding carboxylic acids is 1. The molecule has 0 N–H and O–H groups in total. The predicted octanol–water partition coefficient (Wildman–Crippen LogP) is 1.67. The Hall–Kier alpha value is -0.570. The third kappa shape index (κ3) is 2.71. The van der Waals surface area contributed by atoms with Crippen molar-refractivity contribution in [2.75, 3.05) is 13.6 Å². The van der Waals surface area contributed by atoms with Gasteiger partial charge in [-0.1, -0.05) is 13.8 Å². The Kier molecular flexibility index (Phi) is 3.93. The van der Waals surface area contributed by atoms with Gasteiger partial charge in [0.15, 0.2) is 0 Å². The molecular formula is C11H21NO2. The fraction of sp³-hybridized carbons (Fsp3) is 0.909. The fourth-order valence-electron chi connectivity index (χ4n) is 1.92. The molecule has 0 aliphatic carbocycles. The summed E-state index contributed by atoms with van der Waals surface area (Å²) in [5.41, 5.74) is 0. The van der Waals surface area contributed by atoms with Crippen LogP contribution in [0.2, 0.25) is 0 Å². The summed E-state index contributed by atoms with van der Waals surface area (Å²) in [7, 11) is 2.12. The number of rotatable bonds is 2. The zero-order chi connectivity index (χ0) is 10.7. The molecule has 3 nitrogen and oxygen atoms in total. The normalized spacial score (nSPS) is 34.1. The van der Waals surface area contributed by atoms with E-state index in [4.69, 9.17) is 4.74 Å². The summed E-state index contributed by atoms with van der Waals surface area (Å²) in [6, 6.07) is 0.515. The molecule has 1 rings (SSSR count). The largest absolute Gasteiger partial charge is 0.462 e. The lowest BCUT2D eigenvalue weighted by Gasteiger charge is -2.38.